The Hall–Kier alpha value is -2.97. The predicted octanol–water partition coefficient (Wildman–Crippen LogP) is 3.96. The normalized spacial score (nSPS) is 19.1. The van der Waals surface area contributed by atoms with Crippen LogP contribution in [0.5, 0.6) is 0 Å². The zero-order valence-corrected chi connectivity index (χ0v) is 21.6. The molecule has 35 heavy (non-hydrogen) atoms. The van der Waals surface area contributed by atoms with Gasteiger partial charge in [-0.3, -0.25) is 9.59 Å². The number of fused-ring (bicyclic) bond motifs is 1. The summed E-state index contributed by atoms with van der Waals surface area (Å²) < 4.78 is 30.3. The Labute approximate surface area is 207 Å². The topological polar surface area (TPSA) is 79.7 Å². The summed E-state index contributed by atoms with van der Waals surface area (Å²) in [7, 11) is -2.09. The van der Waals surface area contributed by atoms with E-state index in [2.05, 4.69) is 13.8 Å². The Morgan fingerprint density at radius 3 is 2.34 bits per heavy atom. The summed E-state index contributed by atoms with van der Waals surface area (Å²) in [6.45, 7) is 7.87. The van der Waals surface area contributed by atoms with Gasteiger partial charge in [0.1, 0.15) is 5.56 Å². The molecule has 2 atom stereocenters. The molecule has 0 N–H and O–H groups in total. The van der Waals surface area contributed by atoms with Crippen LogP contribution in [0.15, 0.2) is 64.4 Å². The van der Waals surface area contributed by atoms with Gasteiger partial charge in [-0.15, -0.1) is 0 Å². The molecule has 0 radical (unpaired) electrons. The maximum atomic E-state index is 13.5. The zero-order valence-electron chi connectivity index (χ0n) is 20.8. The second-order valence-corrected chi connectivity index (χ2v) is 11.7. The molecule has 8 heteroatoms. The summed E-state index contributed by atoms with van der Waals surface area (Å²) >= 11 is 0. The number of nitrogens with zero attached hydrogens (tertiary/aromatic N) is 3. The van der Waals surface area contributed by atoms with Gasteiger partial charge >= 0.3 is 0 Å². The fourth-order valence-electron chi connectivity index (χ4n) is 5.04. The molecule has 0 bridgehead atoms. The van der Waals surface area contributed by atoms with Gasteiger partial charge in [-0.2, -0.15) is 4.31 Å². The number of hydrogen-bond donors (Lipinski definition) is 0. The molecule has 1 aromatic heterocycles. The maximum absolute atomic E-state index is 13.5. The number of piperidine rings is 1. The Kier molecular flexibility index (Phi) is 7.15. The molecule has 2 aromatic carbocycles. The first-order valence-electron chi connectivity index (χ1n) is 12.1. The van der Waals surface area contributed by atoms with Crippen LogP contribution in [0, 0.1) is 11.8 Å². The molecule has 186 valence electrons. The van der Waals surface area contributed by atoms with E-state index in [0.29, 0.717) is 31.7 Å². The molecule has 2 unspecified atom stereocenters. The van der Waals surface area contributed by atoms with Gasteiger partial charge in [0.2, 0.25) is 15.5 Å². The monoisotopic (exact) mass is 495 g/mol. The minimum atomic E-state index is -3.76. The molecule has 0 spiro atoms. The second kappa shape index (κ2) is 9.95. The Bertz CT molecular complexity index is 1390. The van der Waals surface area contributed by atoms with Crippen molar-refractivity contribution in [2.24, 2.45) is 11.8 Å². The summed E-state index contributed by atoms with van der Waals surface area (Å²) in [5.41, 5.74) is 1.15. The van der Waals surface area contributed by atoms with Gasteiger partial charge < -0.3 is 9.47 Å². The van der Waals surface area contributed by atoms with E-state index in [1.165, 1.54) is 15.3 Å². The van der Waals surface area contributed by atoms with Gasteiger partial charge in [0.15, 0.2) is 0 Å². The molecule has 3 aromatic rings. The number of pyridine rings is 1. The highest BCUT2D eigenvalue weighted by Crippen LogP contribution is 2.28. The first-order valence-corrected chi connectivity index (χ1v) is 13.5. The summed E-state index contributed by atoms with van der Waals surface area (Å²) in [5.74, 6) is 0.154. The van der Waals surface area contributed by atoms with E-state index in [4.69, 9.17) is 0 Å². The van der Waals surface area contributed by atoms with Crippen LogP contribution in [0.4, 0.5) is 0 Å². The van der Waals surface area contributed by atoms with E-state index in [-0.39, 0.29) is 27.7 Å². The fraction of sp³-hybridized carbons (Fsp3) is 0.407. The molecule has 1 saturated heterocycles. The lowest BCUT2D eigenvalue weighted by Crippen LogP contribution is -2.42. The Balaban J connectivity index is 1.75. The van der Waals surface area contributed by atoms with Crippen LogP contribution in [-0.4, -0.2) is 48.2 Å². The lowest BCUT2D eigenvalue weighted by molar-refractivity contribution is 0.0783. The highest BCUT2D eigenvalue weighted by Gasteiger charge is 2.32. The van der Waals surface area contributed by atoms with E-state index in [1.54, 1.807) is 25.4 Å². The minimum Gasteiger partial charge on any atom is -0.347 e. The third kappa shape index (κ3) is 5.04. The van der Waals surface area contributed by atoms with Gasteiger partial charge in [0.25, 0.3) is 5.91 Å². The van der Waals surface area contributed by atoms with Crippen molar-refractivity contribution < 1.29 is 13.2 Å². The van der Waals surface area contributed by atoms with E-state index >= 15 is 0 Å². The molecule has 0 saturated carbocycles. The summed E-state index contributed by atoms with van der Waals surface area (Å²) in [6, 6.07) is 14.2. The van der Waals surface area contributed by atoms with Gasteiger partial charge in [0.05, 0.1) is 10.4 Å². The molecular formula is C27H33N3O4S. The number of aromatic nitrogens is 1. The largest absolute Gasteiger partial charge is 0.347 e. The summed E-state index contributed by atoms with van der Waals surface area (Å²) in [6.07, 6.45) is 2.57. The number of amides is 1. The Morgan fingerprint density at radius 1 is 1.06 bits per heavy atom. The van der Waals surface area contributed by atoms with Crippen LogP contribution in [0.1, 0.15) is 43.1 Å². The number of aryl methyl sites for hydroxylation is 1. The van der Waals surface area contributed by atoms with Crippen LogP contribution in [0.25, 0.3) is 10.9 Å². The first-order chi connectivity index (χ1) is 16.6. The number of rotatable bonds is 6. The third-order valence-electron chi connectivity index (χ3n) is 6.71. The third-order valence-corrected chi connectivity index (χ3v) is 8.53. The quantitative estimate of drug-likeness (QED) is 0.519. The van der Waals surface area contributed by atoms with Gasteiger partial charge in [-0.25, -0.2) is 8.42 Å². The molecule has 0 aliphatic carbocycles. The van der Waals surface area contributed by atoms with Gasteiger partial charge in [0, 0.05) is 44.8 Å². The van der Waals surface area contributed by atoms with Crippen LogP contribution >= 0.6 is 0 Å². The van der Waals surface area contributed by atoms with E-state index < -0.39 is 21.4 Å². The number of hydrogen-bond acceptors (Lipinski definition) is 4. The first kappa shape index (κ1) is 25.1. The molecule has 2 heterocycles. The number of carbonyl (C=O) groups excluding carboxylic acids is 1. The molecule has 1 aliphatic rings. The van der Waals surface area contributed by atoms with Crippen LogP contribution in [0.3, 0.4) is 0 Å². The van der Waals surface area contributed by atoms with Crippen molar-refractivity contribution in [2.45, 2.75) is 45.2 Å². The second-order valence-electron chi connectivity index (χ2n) is 9.75. The molecule has 1 aliphatic heterocycles. The molecule has 4 rings (SSSR count). The fourth-order valence-corrected chi connectivity index (χ4v) is 6.74. The van der Waals surface area contributed by atoms with Crippen molar-refractivity contribution in [3.8, 4) is 0 Å². The SMILES string of the molecule is CCn1cc(C(=O)N(C)Cc2ccccc2)c(=O)c2cc(S(=O)(=O)N3CC(C)CC(C)C3)ccc21. The van der Waals surface area contributed by atoms with Gasteiger partial charge in [-0.1, -0.05) is 44.2 Å². The van der Waals surface area contributed by atoms with Crippen molar-refractivity contribution in [3.05, 3.63) is 76.1 Å². The molecular weight excluding hydrogens is 462 g/mol. The van der Waals surface area contributed by atoms with Crippen LogP contribution in [0.2, 0.25) is 0 Å². The smallest absolute Gasteiger partial charge is 0.259 e. The predicted molar refractivity (Wildman–Crippen MR) is 138 cm³/mol. The van der Waals surface area contributed by atoms with Crippen molar-refractivity contribution in [2.75, 3.05) is 20.1 Å². The van der Waals surface area contributed by atoms with Crippen molar-refractivity contribution >= 4 is 26.8 Å². The highest BCUT2D eigenvalue weighted by molar-refractivity contribution is 7.89. The standard InChI is InChI=1S/C27H33N3O4S/c1-5-29-18-24(27(32)28(4)17-21-9-7-6-8-10-21)26(31)23-14-22(11-12-25(23)29)35(33,34)30-15-19(2)13-20(3)16-30/h6-12,14,18-20H,5,13,15-17H2,1-4H3. The summed E-state index contributed by atoms with van der Waals surface area (Å²) in [4.78, 5) is 28.4. The van der Waals surface area contributed by atoms with Crippen LogP contribution < -0.4 is 5.43 Å². The lowest BCUT2D eigenvalue weighted by atomic mass is 9.94. The lowest BCUT2D eigenvalue weighted by Gasteiger charge is -2.34. The number of carbonyl (C=O) groups is 1. The van der Waals surface area contributed by atoms with E-state index in [0.717, 1.165) is 12.0 Å². The average Bonchev–Trinajstić information content (AvgIpc) is 2.83. The van der Waals surface area contributed by atoms with Crippen molar-refractivity contribution in [1.29, 1.82) is 0 Å². The van der Waals surface area contributed by atoms with Crippen LogP contribution in [-0.2, 0) is 23.1 Å². The van der Waals surface area contributed by atoms with E-state index in [9.17, 15) is 18.0 Å². The average molecular weight is 496 g/mol. The number of benzene rings is 2. The highest BCUT2D eigenvalue weighted by atomic mass is 32.2. The summed E-state index contributed by atoms with van der Waals surface area (Å²) in [5, 5.41) is 0.241. The molecule has 1 amide bonds. The molecule has 7 nitrogen and oxygen atoms in total. The Morgan fingerprint density at radius 2 is 1.71 bits per heavy atom. The maximum Gasteiger partial charge on any atom is 0.259 e. The van der Waals surface area contributed by atoms with Crippen molar-refractivity contribution in [3.63, 3.8) is 0 Å². The van der Waals surface area contributed by atoms with Gasteiger partial charge in [-0.05, 0) is 48.9 Å². The zero-order chi connectivity index (χ0) is 25.3. The molecule has 1 fully saturated rings. The van der Waals surface area contributed by atoms with Crippen molar-refractivity contribution in [1.82, 2.24) is 13.8 Å². The number of sulfonamides is 1. The minimum absolute atomic E-state index is 0.0348. The van der Waals surface area contributed by atoms with E-state index in [1.807, 2.05) is 41.8 Å².